The van der Waals surface area contributed by atoms with Gasteiger partial charge in [-0.25, -0.2) is 4.98 Å². The summed E-state index contributed by atoms with van der Waals surface area (Å²) < 4.78 is 5.30. The van der Waals surface area contributed by atoms with E-state index in [0.717, 1.165) is 21.5 Å². The molecule has 0 unspecified atom stereocenters. The lowest BCUT2D eigenvalue weighted by molar-refractivity contribution is 0.413. The Bertz CT molecular complexity index is 842. The van der Waals surface area contributed by atoms with Crippen molar-refractivity contribution >= 4 is 33.8 Å². The van der Waals surface area contributed by atoms with Crippen LogP contribution in [0.3, 0.4) is 0 Å². The number of hydrogen-bond acceptors (Lipinski definition) is 4. The number of halogens is 1. The molecule has 0 amide bonds. The Morgan fingerprint density at radius 3 is 2.91 bits per heavy atom. The highest BCUT2D eigenvalue weighted by Crippen LogP contribution is 2.41. The van der Waals surface area contributed by atoms with Gasteiger partial charge in [-0.05, 0) is 18.9 Å². The predicted molar refractivity (Wildman–Crippen MR) is 91.0 cm³/mol. The molecular weight excluding hydrogens is 316 g/mol. The average molecular weight is 331 g/mol. The average Bonchev–Trinajstić information content (AvgIpc) is 2.94. The van der Waals surface area contributed by atoms with Crippen LogP contribution in [0.15, 0.2) is 29.8 Å². The predicted octanol–water partition coefficient (Wildman–Crippen LogP) is 5.29. The van der Waals surface area contributed by atoms with Crippen molar-refractivity contribution < 1.29 is 4.74 Å². The van der Waals surface area contributed by atoms with E-state index in [9.17, 15) is 0 Å². The first kappa shape index (κ1) is 14.0. The van der Waals surface area contributed by atoms with Gasteiger partial charge in [0.1, 0.15) is 5.01 Å². The standard InChI is InChI=1S/C17H15ClN2OS/c1-21-14-8-19-12-7-3-6-11(15(12)16(14)18)17-20-13(9-22-17)10-4-2-5-10/h3,6-10H,2,4-5H2,1H3. The molecule has 3 aromatic rings. The highest BCUT2D eigenvalue weighted by Gasteiger charge is 2.23. The van der Waals surface area contributed by atoms with E-state index >= 15 is 0 Å². The number of nitrogens with zero attached hydrogens (tertiary/aromatic N) is 2. The maximum atomic E-state index is 6.52. The van der Waals surface area contributed by atoms with Gasteiger partial charge >= 0.3 is 0 Å². The number of rotatable bonds is 3. The number of thiazole rings is 1. The SMILES string of the molecule is COc1cnc2cccc(-c3nc(C4CCC4)cs3)c2c1Cl. The van der Waals surface area contributed by atoms with Gasteiger partial charge in [-0.15, -0.1) is 11.3 Å². The van der Waals surface area contributed by atoms with Crippen LogP contribution in [0.5, 0.6) is 5.75 Å². The number of pyridine rings is 1. The van der Waals surface area contributed by atoms with Crippen molar-refractivity contribution in [3.8, 4) is 16.3 Å². The molecule has 112 valence electrons. The van der Waals surface area contributed by atoms with Gasteiger partial charge in [0, 0.05) is 22.2 Å². The molecule has 0 saturated heterocycles. The zero-order valence-electron chi connectivity index (χ0n) is 12.2. The van der Waals surface area contributed by atoms with Crippen LogP contribution in [-0.2, 0) is 0 Å². The minimum absolute atomic E-state index is 0.595. The molecule has 2 aromatic heterocycles. The fraction of sp³-hybridized carbons (Fsp3) is 0.294. The first-order valence-electron chi connectivity index (χ1n) is 7.35. The second-order valence-corrected chi connectivity index (χ2v) is 6.78. The Morgan fingerprint density at radius 2 is 2.18 bits per heavy atom. The minimum Gasteiger partial charge on any atom is -0.494 e. The lowest BCUT2D eigenvalue weighted by atomic mass is 9.83. The summed E-state index contributed by atoms with van der Waals surface area (Å²) in [5, 5.41) is 4.70. The topological polar surface area (TPSA) is 35.0 Å². The number of methoxy groups -OCH3 is 1. The van der Waals surface area contributed by atoms with Gasteiger partial charge in [0.25, 0.3) is 0 Å². The van der Waals surface area contributed by atoms with Crippen molar-refractivity contribution in [2.24, 2.45) is 0 Å². The number of benzene rings is 1. The molecule has 1 aliphatic rings. The minimum atomic E-state index is 0.595. The molecule has 22 heavy (non-hydrogen) atoms. The molecule has 0 atom stereocenters. The van der Waals surface area contributed by atoms with Crippen molar-refractivity contribution in [2.75, 3.05) is 7.11 Å². The first-order chi connectivity index (χ1) is 10.8. The molecule has 1 aromatic carbocycles. The van der Waals surface area contributed by atoms with Crippen LogP contribution < -0.4 is 4.74 Å². The van der Waals surface area contributed by atoms with Crippen molar-refractivity contribution in [3.05, 3.63) is 40.5 Å². The van der Waals surface area contributed by atoms with Gasteiger partial charge in [0.15, 0.2) is 5.75 Å². The van der Waals surface area contributed by atoms with E-state index in [-0.39, 0.29) is 0 Å². The number of hydrogen-bond donors (Lipinski definition) is 0. The molecule has 0 bridgehead atoms. The van der Waals surface area contributed by atoms with Gasteiger partial charge in [0.2, 0.25) is 0 Å². The van der Waals surface area contributed by atoms with Crippen LogP contribution in [0.4, 0.5) is 0 Å². The van der Waals surface area contributed by atoms with Crippen LogP contribution in [0.1, 0.15) is 30.9 Å². The summed E-state index contributed by atoms with van der Waals surface area (Å²) in [6.45, 7) is 0. The van der Waals surface area contributed by atoms with Crippen LogP contribution in [0.2, 0.25) is 5.02 Å². The molecule has 3 nitrogen and oxygen atoms in total. The third kappa shape index (κ3) is 2.18. The van der Waals surface area contributed by atoms with E-state index in [2.05, 4.69) is 16.4 Å². The highest BCUT2D eigenvalue weighted by atomic mass is 35.5. The first-order valence-corrected chi connectivity index (χ1v) is 8.60. The van der Waals surface area contributed by atoms with Crippen LogP contribution in [-0.4, -0.2) is 17.1 Å². The molecule has 2 heterocycles. The van der Waals surface area contributed by atoms with Gasteiger partial charge in [-0.2, -0.15) is 0 Å². The Labute approximate surface area is 137 Å². The largest absolute Gasteiger partial charge is 0.494 e. The van der Waals surface area contributed by atoms with E-state index in [1.54, 1.807) is 24.6 Å². The Balaban J connectivity index is 1.88. The number of aromatic nitrogens is 2. The normalized spacial score (nSPS) is 15.0. The van der Waals surface area contributed by atoms with Crippen molar-refractivity contribution in [1.82, 2.24) is 9.97 Å². The highest BCUT2D eigenvalue weighted by molar-refractivity contribution is 7.13. The summed E-state index contributed by atoms with van der Waals surface area (Å²) in [7, 11) is 1.61. The molecule has 1 aliphatic carbocycles. The Hall–Kier alpha value is -1.65. The molecule has 1 saturated carbocycles. The number of ether oxygens (including phenoxy) is 1. The summed E-state index contributed by atoms with van der Waals surface area (Å²) in [4.78, 5) is 9.28. The molecular formula is C17H15ClN2OS. The van der Waals surface area contributed by atoms with Crippen LogP contribution in [0.25, 0.3) is 21.5 Å². The van der Waals surface area contributed by atoms with Gasteiger partial charge in [-0.3, -0.25) is 4.98 Å². The fourth-order valence-corrected chi connectivity index (χ4v) is 4.07. The quantitative estimate of drug-likeness (QED) is 0.654. The van der Waals surface area contributed by atoms with E-state index in [0.29, 0.717) is 16.7 Å². The lowest BCUT2D eigenvalue weighted by Gasteiger charge is -2.23. The molecule has 5 heteroatoms. The number of fused-ring (bicyclic) bond motifs is 1. The summed E-state index contributed by atoms with van der Waals surface area (Å²) in [5.41, 5.74) is 3.11. The molecule has 4 rings (SSSR count). The maximum Gasteiger partial charge on any atom is 0.156 e. The fourth-order valence-electron chi connectivity index (χ4n) is 2.81. The third-order valence-corrected chi connectivity index (χ3v) is 5.56. The second-order valence-electron chi connectivity index (χ2n) is 5.55. The third-order valence-electron chi connectivity index (χ3n) is 4.29. The molecule has 0 radical (unpaired) electrons. The Morgan fingerprint density at radius 1 is 1.32 bits per heavy atom. The van der Waals surface area contributed by atoms with Crippen molar-refractivity contribution in [3.63, 3.8) is 0 Å². The molecule has 0 N–H and O–H groups in total. The van der Waals surface area contributed by atoms with Crippen molar-refractivity contribution in [2.45, 2.75) is 25.2 Å². The van der Waals surface area contributed by atoms with E-state index < -0.39 is 0 Å². The lowest BCUT2D eigenvalue weighted by Crippen LogP contribution is -2.08. The Kier molecular flexibility index (Phi) is 3.51. The zero-order chi connectivity index (χ0) is 15.1. The summed E-state index contributed by atoms with van der Waals surface area (Å²) in [5.74, 6) is 1.24. The summed E-state index contributed by atoms with van der Waals surface area (Å²) in [6, 6.07) is 6.02. The van der Waals surface area contributed by atoms with E-state index in [1.807, 2.05) is 12.1 Å². The smallest absolute Gasteiger partial charge is 0.156 e. The van der Waals surface area contributed by atoms with Crippen LogP contribution in [0, 0.1) is 0 Å². The maximum absolute atomic E-state index is 6.52. The summed E-state index contributed by atoms with van der Waals surface area (Å²) >= 11 is 8.20. The van der Waals surface area contributed by atoms with Gasteiger partial charge < -0.3 is 4.74 Å². The van der Waals surface area contributed by atoms with E-state index in [1.165, 1.54) is 25.0 Å². The second kappa shape index (κ2) is 5.52. The van der Waals surface area contributed by atoms with Gasteiger partial charge in [-0.1, -0.05) is 30.2 Å². The van der Waals surface area contributed by atoms with Crippen LogP contribution >= 0.6 is 22.9 Å². The molecule has 0 aliphatic heterocycles. The monoisotopic (exact) mass is 330 g/mol. The molecule has 0 spiro atoms. The van der Waals surface area contributed by atoms with Crippen molar-refractivity contribution in [1.29, 1.82) is 0 Å². The summed E-state index contributed by atoms with van der Waals surface area (Å²) in [6.07, 6.45) is 5.50. The molecule has 1 fully saturated rings. The van der Waals surface area contributed by atoms with E-state index in [4.69, 9.17) is 21.3 Å². The zero-order valence-corrected chi connectivity index (χ0v) is 13.7. The van der Waals surface area contributed by atoms with Gasteiger partial charge in [0.05, 0.1) is 29.5 Å².